The van der Waals surface area contributed by atoms with Crippen LogP contribution in [0.15, 0.2) is 71.7 Å². The zero-order valence-electron chi connectivity index (χ0n) is 19.4. The highest BCUT2D eigenvalue weighted by molar-refractivity contribution is 6.17. The molecule has 0 atom stereocenters. The Morgan fingerprint density at radius 3 is 2.59 bits per heavy atom. The average molecular weight is 452 g/mol. The fourth-order valence-electron chi connectivity index (χ4n) is 4.13. The highest BCUT2D eigenvalue weighted by Gasteiger charge is 2.28. The number of ether oxygens (including phenoxy) is 1. The van der Waals surface area contributed by atoms with E-state index in [2.05, 4.69) is 19.2 Å². The van der Waals surface area contributed by atoms with E-state index in [1.54, 1.807) is 55.6 Å². The molecule has 1 aliphatic heterocycles. The molecule has 1 amide bonds. The van der Waals surface area contributed by atoms with Gasteiger partial charge in [-0.3, -0.25) is 14.6 Å². The van der Waals surface area contributed by atoms with Crippen molar-refractivity contribution in [1.82, 2.24) is 0 Å². The SMILES string of the molecule is COc1ccc2c(c1)C(CC(=O)c1cccc(C(=O)Nc3cccc(C#N)c3)c1)=NC(C)(C)C2. The Bertz CT molecular complexity index is 1350. The number of anilines is 1. The van der Waals surface area contributed by atoms with Crippen LogP contribution in [0.3, 0.4) is 0 Å². The van der Waals surface area contributed by atoms with Gasteiger partial charge < -0.3 is 10.1 Å². The first-order chi connectivity index (χ1) is 16.3. The third kappa shape index (κ3) is 5.05. The fourth-order valence-corrected chi connectivity index (χ4v) is 4.13. The summed E-state index contributed by atoms with van der Waals surface area (Å²) in [7, 11) is 1.61. The molecule has 0 saturated carbocycles. The molecule has 0 fully saturated rings. The zero-order valence-corrected chi connectivity index (χ0v) is 19.4. The summed E-state index contributed by atoms with van der Waals surface area (Å²) < 4.78 is 5.37. The summed E-state index contributed by atoms with van der Waals surface area (Å²) in [5, 5.41) is 11.8. The van der Waals surface area contributed by atoms with Gasteiger partial charge in [-0.25, -0.2) is 0 Å². The van der Waals surface area contributed by atoms with Crippen molar-refractivity contribution in [1.29, 1.82) is 5.26 Å². The number of nitrogens with one attached hydrogen (secondary N) is 1. The highest BCUT2D eigenvalue weighted by Crippen LogP contribution is 2.31. The normalized spacial score (nSPS) is 13.8. The number of Topliss-reactive ketones (excluding diaryl/α,β-unsaturated/α-hetero) is 1. The van der Waals surface area contributed by atoms with Crippen LogP contribution in [0.4, 0.5) is 5.69 Å². The smallest absolute Gasteiger partial charge is 0.255 e. The minimum absolute atomic E-state index is 0.119. The Balaban J connectivity index is 1.56. The number of carbonyl (C=O) groups excluding carboxylic acids is 2. The third-order valence-electron chi connectivity index (χ3n) is 5.71. The lowest BCUT2D eigenvalue weighted by Crippen LogP contribution is -2.30. The van der Waals surface area contributed by atoms with E-state index >= 15 is 0 Å². The first-order valence-corrected chi connectivity index (χ1v) is 11.0. The Hall–Kier alpha value is -4.24. The minimum Gasteiger partial charge on any atom is -0.497 e. The number of amides is 1. The molecular formula is C28H25N3O3. The summed E-state index contributed by atoms with van der Waals surface area (Å²) in [6.45, 7) is 4.10. The largest absolute Gasteiger partial charge is 0.497 e. The van der Waals surface area contributed by atoms with Crippen molar-refractivity contribution in [2.45, 2.75) is 32.2 Å². The van der Waals surface area contributed by atoms with Crippen molar-refractivity contribution < 1.29 is 14.3 Å². The molecular weight excluding hydrogens is 426 g/mol. The van der Waals surface area contributed by atoms with Crippen LogP contribution in [0.2, 0.25) is 0 Å². The molecule has 0 aromatic heterocycles. The molecule has 1 heterocycles. The maximum atomic E-state index is 13.2. The van der Waals surface area contributed by atoms with E-state index in [-0.39, 0.29) is 23.7 Å². The lowest BCUT2D eigenvalue weighted by atomic mass is 9.85. The summed E-state index contributed by atoms with van der Waals surface area (Å²) in [6.07, 6.45) is 0.908. The molecule has 6 nitrogen and oxygen atoms in total. The van der Waals surface area contributed by atoms with E-state index in [0.29, 0.717) is 22.4 Å². The quantitative estimate of drug-likeness (QED) is 0.521. The molecule has 0 aliphatic carbocycles. The molecule has 3 aromatic rings. The van der Waals surface area contributed by atoms with Crippen LogP contribution in [0, 0.1) is 11.3 Å². The number of ketones is 1. The molecule has 0 bridgehead atoms. The lowest BCUT2D eigenvalue weighted by molar-refractivity contribution is 0.100. The molecule has 3 aromatic carbocycles. The Labute approximate surface area is 198 Å². The number of fused-ring (bicyclic) bond motifs is 1. The summed E-state index contributed by atoms with van der Waals surface area (Å²) in [5.41, 5.74) is 4.25. The van der Waals surface area contributed by atoms with Gasteiger partial charge in [0.2, 0.25) is 0 Å². The maximum Gasteiger partial charge on any atom is 0.255 e. The van der Waals surface area contributed by atoms with E-state index < -0.39 is 0 Å². The average Bonchev–Trinajstić information content (AvgIpc) is 2.83. The number of methoxy groups -OCH3 is 1. The molecule has 1 N–H and O–H groups in total. The predicted octanol–water partition coefficient (Wildman–Crippen LogP) is 5.22. The third-order valence-corrected chi connectivity index (χ3v) is 5.71. The van der Waals surface area contributed by atoms with Crippen LogP contribution in [0.1, 0.15) is 57.7 Å². The van der Waals surface area contributed by atoms with E-state index in [1.807, 2.05) is 24.3 Å². The van der Waals surface area contributed by atoms with Crippen molar-refractivity contribution >= 4 is 23.1 Å². The van der Waals surface area contributed by atoms with Gasteiger partial charge >= 0.3 is 0 Å². The molecule has 6 heteroatoms. The van der Waals surface area contributed by atoms with Crippen molar-refractivity contribution in [2.75, 3.05) is 12.4 Å². The van der Waals surface area contributed by atoms with Gasteiger partial charge in [0, 0.05) is 22.4 Å². The molecule has 0 unspecified atom stereocenters. The van der Waals surface area contributed by atoms with Crippen molar-refractivity contribution in [3.8, 4) is 11.8 Å². The number of hydrogen-bond acceptors (Lipinski definition) is 5. The van der Waals surface area contributed by atoms with Gasteiger partial charge in [0.1, 0.15) is 5.75 Å². The second-order valence-corrected chi connectivity index (χ2v) is 8.90. The van der Waals surface area contributed by atoms with Gasteiger partial charge in [0.15, 0.2) is 5.78 Å². The number of rotatable bonds is 6. The molecule has 34 heavy (non-hydrogen) atoms. The van der Waals surface area contributed by atoms with E-state index in [0.717, 1.165) is 29.0 Å². The predicted molar refractivity (Wildman–Crippen MR) is 132 cm³/mol. The lowest BCUT2D eigenvalue weighted by Gasteiger charge is -2.29. The summed E-state index contributed by atoms with van der Waals surface area (Å²) >= 11 is 0. The Morgan fingerprint density at radius 1 is 1.06 bits per heavy atom. The van der Waals surface area contributed by atoms with Gasteiger partial charge in [0.25, 0.3) is 5.91 Å². The highest BCUT2D eigenvalue weighted by atomic mass is 16.5. The van der Waals surface area contributed by atoms with E-state index in [1.165, 1.54) is 0 Å². The van der Waals surface area contributed by atoms with Crippen LogP contribution < -0.4 is 10.1 Å². The van der Waals surface area contributed by atoms with Crippen LogP contribution in [-0.2, 0) is 6.42 Å². The molecule has 1 aliphatic rings. The molecule has 0 spiro atoms. The first kappa shape index (κ1) is 22.9. The summed E-state index contributed by atoms with van der Waals surface area (Å²) in [5.74, 6) is 0.250. The topological polar surface area (TPSA) is 91.5 Å². The summed E-state index contributed by atoms with van der Waals surface area (Å²) in [4.78, 5) is 30.8. The summed E-state index contributed by atoms with van der Waals surface area (Å²) in [6, 6.07) is 21.2. The van der Waals surface area contributed by atoms with E-state index in [4.69, 9.17) is 15.0 Å². The fraction of sp³-hybridized carbons (Fsp3) is 0.214. The molecule has 0 saturated heterocycles. The monoisotopic (exact) mass is 451 g/mol. The van der Waals surface area contributed by atoms with Crippen LogP contribution in [0.5, 0.6) is 5.75 Å². The van der Waals surface area contributed by atoms with Crippen molar-refractivity contribution in [3.05, 3.63) is 94.5 Å². The van der Waals surface area contributed by atoms with Gasteiger partial charge in [-0.1, -0.05) is 24.3 Å². The van der Waals surface area contributed by atoms with Gasteiger partial charge in [0.05, 0.1) is 36.4 Å². The van der Waals surface area contributed by atoms with Crippen LogP contribution in [0.25, 0.3) is 0 Å². The van der Waals surface area contributed by atoms with Gasteiger partial charge in [-0.2, -0.15) is 5.26 Å². The Kier molecular flexibility index (Phi) is 6.29. The van der Waals surface area contributed by atoms with Crippen molar-refractivity contribution in [3.63, 3.8) is 0 Å². The molecule has 0 radical (unpaired) electrons. The number of carbonyl (C=O) groups is 2. The zero-order chi connectivity index (χ0) is 24.3. The molecule has 4 rings (SSSR count). The first-order valence-electron chi connectivity index (χ1n) is 11.0. The number of hydrogen-bond donors (Lipinski definition) is 1. The molecule has 170 valence electrons. The number of nitrogens with zero attached hydrogens (tertiary/aromatic N) is 2. The Morgan fingerprint density at radius 2 is 1.82 bits per heavy atom. The maximum absolute atomic E-state index is 13.2. The minimum atomic E-state index is -0.351. The van der Waals surface area contributed by atoms with E-state index in [9.17, 15) is 9.59 Å². The van der Waals surface area contributed by atoms with Crippen LogP contribution >= 0.6 is 0 Å². The van der Waals surface area contributed by atoms with Gasteiger partial charge in [-0.15, -0.1) is 0 Å². The van der Waals surface area contributed by atoms with Crippen molar-refractivity contribution in [2.24, 2.45) is 4.99 Å². The second kappa shape index (κ2) is 9.32. The number of aliphatic imine (C=N–C) groups is 1. The number of benzene rings is 3. The van der Waals surface area contributed by atoms with Crippen LogP contribution in [-0.4, -0.2) is 30.1 Å². The number of nitriles is 1. The second-order valence-electron chi connectivity index (χ2n) is 8.90. The van der Waals surface area contributed by atoms with Gasteiger partial charge in [-0.05, 0) is 68.3 Å². The standard InChI is InChI=1S/C28H25N3O3/c1-28(2)16-21-10-11-23(34-3)14-24(21)25(31-28)15-26(32)19-7-5-8-20(13-19)27(33)30-22-9-4-6-18(12-22)17-29/h4-14H,15-16H2,1-3H3,(H,30,33).